The minimum Gasteiger partial charge on any atom is -0.394 e. The zero-order valence-electron chi connectivity index (χ0n) is 10.7. The lowest BCUT2D eigenvalue weighted by Gasteiger charge is -2.31. The first-order chi connectivity index (χ1) is 9.24. The van der Waals surface area contributed by atoms with Crippen LogP contribution in [0.25, 0.3) is 0 Å². The van der Waals surface area contributed by atoms with Gasteiger partial charge in [0.2, 0.25) is 0 Å². The SMILES string of the molecule is OCCOC(c1cccc(Cl)c1F)C1CCCNC1. The lowest BCUT2D eigenvalue weighted by atomic mass is 9.89. The third-order valence-corrected chi connectivity index (χ3v) is 3.73. The van der Waals surface area contributed by atoms with Gasteiger partial charge < -0.3 is 15.2 Å². The summed E-state index contributed by atoms with van der Waals surface area (Å²) in [5.41, 5.74) is 0.481. The van der Waals surface area contributed by atoms with Crippen molar-refractivity contribution in [2.75, 3.05) is 26.3 Å². The Morgan fingerprint density at radius 2 is 2.37 bits per heavy atom. The van der Waals surface area contributed by atoms with Crippen molar-refractivity contribution in [3.63, 3.8) is 0 Å². The monoisotopic (exact) mass is 287 g/mol. The molecule has 1 aromatic carbocycles. The normalized spacial score (nSPS) is 21.3. The van der Waals surface area contributed by atoms with Gasteiger partial charge in [-0.3, -0.25) is 0 Å². The molecule has 1 saturated heterocycles. The number of aliphatic hydroxyl groups is 1. The standard InChI is InChI=1S/C14H19ClFNO2/c15-12-5-1-4-11(13(12)16)14(19-8-7-18)10-3-2-6-17-9-10/h1,4-5,10,14,17-18H,2-3,6-9H2. The molecular formula is C14H19ClFNO2. The smallest absolute Gasteiger partial charge is 0.147 e. The number of hydrogen-bond acceptors (Lipinski definition) is 3. The van der Waals surface area contributed by atoms with Crippen LogP contribution in [0.3, 0.4) is 0 Å². The molecule has 106 valence electrons. The Bertz CT molecular complexity index is 410. The summed E-state index contributed by atoms with van der Waals surface area (Å²) in [5.74, 6) is -0.217. The Labute approximate surface area is 117 Å². The number of ether oxygens (including phenoxy) is 1. The second kappa shape index (κ2) is 7.20. The minimum atomic E-state index is -0.419. The Balaban J connectivity index is 2.22. The number of halogens is 2. The molecule has 1 fully saturated rings. The number of hydrogen-bond donors (Lipinski definition) is 2. The van der Waals surface area contributed by atoms with Crippen molar-refractivity contribution < 1.29 is 14.2 Å². The fourth-order valence-corrected chi connectivity index (χ4v) is 2.72. The predicted molar refractivity (Wildman–Crippen MR) is 72.8 cm³/mol. The van der Waals surface area contributed by atoms with Gasteiger partial charge in [0, 0.05) is 18.0 Å². The minimum absolute atomic E-state index is 0.0706. The molecule has 2 unspecified atom stereocenters. The molecule has 0 spiro atoms. The summed E-state index contributed by atoms with van der Waals surface area (Å²) in [6.07, 6.45) is 1.67. The van der Waals surface area contributed by atoms with E-state index in [1.54, 1.807) is 12.1 Å². The van der Waals surface area contributed by atoms with E-state index in [0.717, 1.165) is 25.9 Å². The maximum Gasteiger partial charge on any atom is 0.147 e. The molecule has 0 amide bonds. The van der Waals surface area contributed by atoms with Crippen LogP contribution in [0.4, 0.5) is 4.39 Å². The molecule has 1 aromatic rings. The largest absolute Gasteiger partial charge is 0.394 e. The number of nitrogens with one attached hydrogen (secondary N) is 1. The molecular weight excluding hydrogens is 269 g/mol. The van der Waals surface area contributed by atoms with E-state index in [4.69, 9.17) is 21.4 Å². The number of benzene rings is 1. The van der Waals surface area contributed by atoms with E-state index >= 15 is 0 Å². The number of aliphatic hydroxyl groups excluding tert-OH is 1. The molecule has 0 aromatic heterocycles. The molecule has 3 nitrogen and oxygen atoms in total. The van der Waals surface area contributed by atoms with Crippen molar-refractivity contribution in [1.29, 1.82) is 0 Å². The highest BCUT2D eigenvalue weighted by molar-refractivity contribution is 6.30. The average molecular weight is 288 g/mol. The van der Waals surface area contributed by atoms with Crippen molar-refractivity contribution in [2.24, 2.45) is 5.92 Å². The van der Waals surface area contributed by atoms with Gasteiger partial charge in [0.15, 0.2) is 0 Å². The zero-order chi connectivity index (χ0) is 13.7. The predicted octanol–water partition coefficient (Wildman–Crippen LogP) is 2.53. The summed E-state index contributed by atoms with van der Waals surface area (Å²) >= 11 is 5.84. The molecule has 0 radical (unpaired) electrons. The highest BCUT2D eigenvalue weighted by Gasteiger charge is 2.28. The molecule has 1 aliphatic heterocycles. The van der Waals surface area contributed by atoms with Crippen LogP contribution in [0.5, 0.6) is 0 Å². The second-order valence-corrected chi connectivity index (χ2v) is 5.17. The molecule has 1 heterocycles. The third kappa shape index (κ3) is 3.66. The van der Waals surface area contributed by atoms with Crippen molar-refractivity contribution in [3.8, 4) is 0 Å². The molecule has 2 rings (SSSR count). The molecule has 0 bridgehead atoms. The highest BCUT2D eigenvalue weighted by atomic mass is 35.5. The molecule has 2 atom stereocenters. The van der Waals surface area contributed by atoms with Gasteiger partial charge in [0.1, 0.15) is 5.82 Å². The van der Waals surface area contributed by atoms with E-state index in [1.807, 2.05) is 0 Å². The first-order valence-electron chi connectivity index (χ1n) is 6.61. The molecule has 0 aliphatic carbocycles. The van der Waals surface area contributed by atoms with Crippen LogP contribution < -0.4 is 5.32 Å². The average Bonchev–Trinajstić information content (AvgIpc) is 2.45. The zero-order valence-corrected chi connectivity index (χ0v) is 11.5. The van der Waals surface area contributed by atoms with Gasteiger partial charge in [-0.1, -0.05) is 23.7 Å². The maximum atomic E-state index is 14.1. The van der Waals surface area contributed by atoms with Gasteiger partial charge in [-0.25, -0.2) is 4.39 Å². The fraction of sp³-hybridized carbons (Fsp3) is 0.571. The van der Waals surface area contributed by atoms with E-state index in [1.165, 1.54) is 6.07 Å². The number of piperidine rings is 1. The lowest BCUT2D eigenvalue weighted by Crippen LogP contribution is -2.34. The lowest BCUT2D eigenvalue weighted by molar-refractivity contribution is -0.0151. The van der Waals surface area contributed by atoms with Crippen molar-refractivity contribution >= 4 is 11.6 Å². The summed E-state index contributed by atoms with van der Waals surface area (Å²) < 4.78 is 19.8. The summed E-state index contributed by atoms with van der Waals surface area (Å²) in [6.45, 7) is 1.91. The van der Waals surface area contributed by atoms with Gasteiger partial charge in [-0.05, 0) is 25.5 Å². The van der Waals surface area contributed by atoms with E-state index in [2.05, 4.69) is 5.32 Å². The quantitative estimate of drug-likeness (QED) is 0.874. The van der Waals surface area contributed by atoms with Crippen LogP contribution in [0, 0.1) is 11.7 Å². The van der Waals surface area contributed by atoms with Gasteiger partial charge >= 0.3 is 0 Å². The Hall–Kier alpha value is -0.680. The molecule has 19 heavy (non-hydrogen) atoms. The Morgan fingerprint density at radius 1 is 1.53 bits per heavy atom. The van der Waals surface area contributed by atoms with Crippen LogP contribution >= 0.6 is 11.6 Å². The summed E-state index contributed by atoms with van der Waals surface area (Å²) in [4.78, 5) is 0. The van der Waals surface area contributed by atoms with Crippen LogP contribution in [-0.4, -0.2) is 31.4 Å². The maximum absolute atomic E-state index is 14.1. The highest BCUT2D eigenvalue weighted by Crippen LogP contribution is 2.34. The molecule has 0 saturated carbocycles. The summed E-state index contributed by atoms with van der Waals surface area (Å²) in [6, 6.07) is 4.97. The first-order valence-corrected chi connectivity index (χ1v) is 6.99. The van der Waals surface area contributed by atoms with Crippen LogP contribution in [0.2, 0.25) is 5.02 Å². The summed E-state index contributed by atoms with van der Waals surface area (Å²) in [7, 11) is 0. The van der Waals surface area contributed by atoms with Crippen LogP contribution in [0.15, 0.2) is 18.2 Å². The van der Waals surface area contributed by atoms with Gasteiger partial charge in [-0.2, -0.15) is 0 Å². The van der Waals surface area contributed by atoms with Crippen LogP contribution in [-0.2, 0) is 4.74 Å². The third-order valence-electron chi connectivity index (χ3n) is 3.44. The van der Waals surface area contributed by atoms with Crippen LogP contribution in [0.1, 0.15) is 24.5 Å². The topological polar surface area (TPSA) is 41.5 Å². The van der Waals surface area contributed by atoms with Crippen molar-refractivity contribution in [2.45, 2.75) is 18.9 Å². The molecule has 2 N–H and O–H groups in total. The van der Waals surface area contributed by atoms with E-state index in [9.17, 15) is 4.39 Å². The van der Waals surface area contributed by atoms with E-state index in [0.29, 0.717) is 5.56 Å². The first kappa shape index (κ1) is 14.7. The second-order valence-electron chi connectivity index (χ2n) is 4.76. The van der Waals surface area contributed by atoms with E-state index in [-0.39, 0.29) is 30.3 Å². The Morgan fingerprint density at radius 3 is 3.05 bits per heavy atom. The van der Waals surface area contributed by atoms with Gasteiger partial charge in [0.05, 0.1) is 24.3 Å². The summed E-state index contributed by atoms with van der Waals surface area (Å²) in [5, 5.41) is 12.3. The molecule has 5 heteroatoms. The van der Waals surface area contributed by atoms with Crippen molar-refractivity contribution in [3.05, 3.63) is 34.6 Å². The number of rotatable bonds is 5. The fourth-order valence-electron chi connectivity index (χ4n) is 2.54. The van der Waals surface area contributed by atoms with Crippen molar-refractivity contribution in [1.82, 2.24) is 5.32 Å². The van der Waals surface area contributed by atoms with Gasteiger partial charge in [-0.15, -0.1) is 0 Å². The Kier molecular flexibility index (Phi) is 5.58. The molecule has 1 aliphatic rings. The van der Waals surface area contributed by atoms with Gasteiger partial charge in [0.25, 0.3) is 0 Å². The van der Waals surface area contributed by atoms with E-state index < -0.39 is 5.82 Å².